The minimum atomic E-state index is -0.737. The number of aromatic nitrogens is 1. The van der Waals surface area contributed by atoms with E-state index < -0.39 is 17.7 Å². The Morgan fingerprint density at radius 1 is 1.24 bits per heavy atom. The maximum absolute atomic E-state index is 12.9. The molecular weight excluding hydrogens is 370 g/mol. The van der Waals surface area contributed by atoms with E-state index in [-0.39, 0.29) is 11.3 Å². The Hall–Kier alpha value is -3.19. The number of aliphatic hydroxyl groups excluding tert-OH is 1. The number of ketones is 1. The third-order valence-corrected chi connectivity index (χ3v) is 4.96. The van der Waals surface area contributed by atoms with E-state index in [9.17, 15) is 14.7 Å². The molecule has 7 heteroatoms. The van der Waals surface area contributed by atoms with Crippen LogP contribution in [-0.4, -0.2) is 65.9 Å². The zero-order valence-electron chi connectivity index (χ0n) is 17.0. The summed E-state index contributed by atoms with van der Waals surface area (Å²) in [5.74, 6) is -0.869. The highest BCUT2D eigenvalue weighted by Crippen LogP contribution is 2.38. The van der Waals surface area contributed by atoms with Crippen molar-refractivity contribution < 1.29 is 19.4 Å². The van der Waals surface area contributed by atoms with Crippen LogP contribution in [0, 0.1) is 6.92 Å². The molecule has 0 bridgehead atoms. The second-order valence-corrected chi connectivity index (χ2v) is 7.23. The topological polar surface area (TPSA) is 83.0 Å². The van der Waals surface area contributed by atoms with E-state index in [2.05, 4.69) is 4.98 Å². The third-order valence-electron chi connectivity index (χ3n) is 4.96. The maximum Gasteiger partial charge on any atom is 0.295 e. The van der Waals surface area contributed by atoms with Crippen LogP contribution in [0.1, 0.15) is 22.9 Å². The summed E-state index contributed by atoms with van der Waals surface area (Å²) in [5, 5.41) is 11.0. The van der Waals surface area contributed by atoms with Gasteiger partial charge in [-0.25, -0.2) is 0 Å². The summed E-state index contributed by atoms with van der Waals surface area (Å²) in [7, 11) is 5.36. The van der Waals surface area contributed by atoms with Crippen LogP contribution in [0.25, 0.3) is 5.76 Å². The molecule has 2 heterocycles. The van der Waals surface area contributed by atoms with Crippen LogP contribution in [-0.2, 0) is 9.59 Å². The van der Waals surface area contributed by atoms with Crippen LogP contribution in [0.3, 0.4) is 0 Å². The van der Waals surface area contributed by atoms with Gasteiger partial charge in [-0.05, 0) is 56.9 Å². The molecule has 1 fully saturated rings. The number of likely N-dealkylation sites (tertiary alicyclic amines) is 1. The Morgan fingerprint density at radius 3 is 2.59 bits per heavy atom. The van der Waals surface area contributed by atoms with Crippen molar-refractivity contribution in [2.24, 2.45) is 0 Å². The molecule has 0 saturated carbocycles. The number of hydrogen-bond donors (Lipinski definition) is 1. The fourth-order valence-corrected chi connectivity index (χ4v) is 3.44. The lowest BCUT2D eigenvalue weighted by molar-refractivity contribution is -0.140. The molecule has 1 aliphatic heterocycles. The Morgan fingerprint density at radius 2 is 2.00 bits per heavy atom. The van der Waals surface area contributed by atoms with Gasteiger partial charge in [0.25, 0.3) is 11.7 Å². The van der Waals surface area contributed by atoms with Crippen LogP contribution in [0.5, 0.6) is 5.75 Å². The largest absolute Gasteiger partial charge is 0.507 e. The average molecular weight is 395 g/mol. The summed E-state index contributed by atoms with van der Waals surface area (Å²) in [6.07, 6.45) is 1.61. The number of ether oxygens (including phenoxy) is 1. The number of aryl methyl sites for hydroxylation is 1. The highest BCUT2D eigenvalue weighted by atomic mass is 16.5. The number of benzene rings is 1. The van der Waals surface area contributed by atoms with Crippen molar-refractivity contribution in [1.82, 2.24) is 14.8 Å². The van der Waals surface area contributed by atoms with Gasteiger partial charge in [-0.2, -0.15) is 0 Å². The zero-order chi connectivity index (χ0) is 21.1. The standard InChI is InChI=1S/C22H25N3O4/c1-14-13-15(8-9-17(14)29-4)20(26)18-19(16-7-5-6-10-23-16)25(12-11-24(2)3)22(28)21(18)27/h5-10,13,19,26H,11-12H2,1-4H3/b20-18+/t19-/m0/s1. The first-order valence-corrected chi connectivity index (χ1v) is 9.34. The van der Waals surface area contributed by atoms with Crippen LogP contribution in [0.2, 0.25) is 0 Å². The Labute approximate surface area is 170 Å². The molecule has 1 aromatic heterocycles. The molecule has 1 N–H and O–H groups in total. The SMILES string of the molecule is COc1ccc(/C(O)=C2\C(=O)C(=O)N(CCN(C)C)[C@H]2c2ccccn2)cc1C. The number of amides is 1. The van der Waals surface area contributed by atoms with E-state index in [4.69, 9.17) is 4.74 Å². The molecule has 3 rings (SSSR count). The number of carbonyl (C=O) groups is 2. The molecule has 0 unspecified atom stereocenters. The van der Waals surface area contributed by atoms with Crippen molar-refractivity contribution in [3.05, 3.63) is 65.0 Å². The summed E-state index contributed by atoms with van der Waals surface area (Å²) < 4.78 is 5.26. The summed E-state index contributed by atoms with van der Waals surface area (Å²) in [4.78, 5) is 33.4. The molecule has 1 atom stereocenters. The van der Waals surface area contributed by atoms with Crippen LogP contribution in [0.4, 0.5) is 0 Å². The Balaban J connectivity index is 2.13. The predicted molar refractivity (Wildman–Crippen MR) is 110 cm³/mol. The van der Waals surface area contributed by atoms with Crippen molar-refractivity contribution >= 4 is 17.4 Å². The number of likely N-dealkylation sites (N-methyl/N-ethyl adjacent to an activating group) is 1. The molecule has 0 aliphatic carbocycles. The first-order valence-electron chi connectivity index (χ1n) is 9.34. The average Bonchev–Trinajstić information content (AvgIpc) is 2.97. The van der Waals surface area contributed by atoms with Gasteiger partial charge in [-0.15, -0.1) is 0 Å². The van der Waals surface area contributed by atoms with E-state index in [1.165, 1.54) is 4.90 Å². The molecule has 0 radical (unpaired) electrons. The second-order valence-electron chi connectivity index (χ2n) is 7.23. The van der Waals surface area contributed by atoms with E-state index in [0.717, 1.165) is 5.56 Å². The minimum absolute atomic E-state index is 0.0528. The lowest BCUT2D eigenvalue weighted by Gasteiger charge is -2.25. The number of carbonyl (C=O) groups excluding carboxylic acids is 2. The van der Waals surface area contributed by atoms with Gasteiger partial charge in [-0.1, -0.05) is 6.07 Å². The molecule has 1 aliphatic rings. The molecule has 152 valence electrons. The molecule has 29 heavy (non-hydrogen) atoms. The number of rotatable bonds is 6. The smallest absolute Gasteiger partial charge is 0.295 e. The maximum atomic E-state index is 12.9. The van der Waals surface area contributed by atoms with Gasteiger partial charge in [-0.3, -0.25) is 14.6 Å². The molecule has 2 aromatic rings. The normalized spacial score (nSPS) is 18.5. The van der Waals surface area contributed by atoms with Gasteiger partial charge < -0.3 is 19.6 Å². The van der Waals surface area contributed by atoms with Gasteiger partial charge in [0.2, 0.25) is 0 Å². The number of methoxy groups -OCH3 is 1. The second kappa shape index (κ2) is 8.45. The van der Waals surface area contributed by atoms with Gasteiger partial charge in [0.1, 0.15) is 17.6 Å². The van der Waals surface area contributed by atoms with Gasteiger partial charge in [0.15, 0.2) is 0 Å². The van der Waals surface area contributed by atoms with Crippen molar-refractivity contribution in [3.8, 4) is 5.75 Å². The zero-order valence-corrected chi connectivity index (χ0v) is 17.0. The summed E-state index contributed by atoms with van der Waals surface area (Å²) in [6.45, 7) is 2.77. The molecule has 0 spiro atoms. The lowest BCUT2D eigenvalue weighted by atomic mass is 9.97. The first kappa shape index (κ1) is 20.5. The van der Waals surface area contributed by atoms with Crippen LogP contribution < -0.4 is 4.74 Å². The third kappa shape index (κ3) is 4.00. The number of nitrogens with zero attached hydrogens (tertiary/aromatic N) is 3. The monoisotopic (exact) mass is 395 g/mol. The van der Waals surface area contributed by atoms with Crippen molar-refractivity contribution in [1.29, 1.82) is 0 Å². The quantitative estimate of drug-likeness (QED) is 0.459. The number of aliphatic hydroxyl groups is 1. The van der Waals surface area contributed by atoms with E-state index in [1.807, 2.05) is 25.9 Å². The number of hydrogen-bond acceptors (Lipinski definition) is 6. The van der Waals surface area contributed by atoms with E-state index >= 15 is 0 Å². The molecule has 1 saturated heterocycles. The first-order chi connectivity index (χ1) is 13.8. The van der Waals surface area contributed by atoms with Gasteiger partial charge >= 0.3 is 0 Å². The van der Waals surface area contributed by atoms with Crippen molar-refractivity contribution in [2.45, 2.75) is 13.0 Å². The fraction of sp³-hybridized carbons (Fsp3) is 0.318. The minimum Gasteiger partial charge on any atom is -0.507 e. The number of Topliss-reactive ketones (excluding diaryl/α,β-unsaturated/α-hetero) is 1. The fourth-order valence-electron chi connectivity index (χ4n) is 3.44. The van der Waals surface area contributed by atoms with Crippen LogP contribution in [0.15, 0.2) is 48.2 Å². The highest BCUT2D eigenvalue weighted by molar-refractivity contribution is 6.46. The van der Waals surface area contributed by atoms with E-state index in [0.29, 0.717) is 30.1 Å². The lowest BCUT2D eigenvalue weighted by Crippen LogP contribution is -2.35. The Bertz CT molecular complexity index is 954. The van der Waals surface area contributed by atoms with Crippen molar-refractivity contribution in [3.63, 3.8) is 0 Å². The molecule has 1 amide bonds. The summed E-state index contributed by atoms with van der Waals surface area (Å²) in [6, 6.07) is 9.71. The Kier molecular flexibility index (Phi) is 5.98. The van der Waals surface area contributed by atoms with Crippen LogP contribution >= 0.6 is 0 Å². The summed E-state index contributed by atoms with van der Waals surface area (Å²) in [5.41, 5.74) is 1.86. The van der Waals surface area contributed by atoms with Gasteiger partial charge in [0.05, 0.1) is 18.4 Å². The van der Waals surface area contributed by atoms with E-state index in [1.54, 1.807) is 49.7 Å². The number of pyridine rings is 1. The molecule has 7 nitrogen and oxygen atoms in total. The van der Waals surface area contributed by atoms with Gasteiger partial charge in [0, 0.05) is 24.8 Å². The molecule has 1 aromatic carbocycles. The summed E-state index contributed by atoms with van der Waals surface area (Å²) >= 11 is 0. The van der Waals surface area contributed by atoms with Crippen molar-refractivity contribution in [2.75, 3.05) is 34.3 Å². The molecular formula is C22H25N3O4. The predicted octanol–water partition coefficient (Wildman–Crippen LogP) is 2.38. The highest BCUT2D eigenvalue weighted by Gasteiger charge is 2.46.